The maximum atomic E-state index is 12.2. The monoisotopic (exact) mass is 385 g/mol. The van der Waals surface area contributed by atoms with Crippen LogP contribution in [0.25, 0.3) is 0 Å². The number of nitrogens with zero attached hydrogens (tertiary/aromatic N) is 1. The van der Waals surface area contributed by atoms with E-state index in [4.69, 9.17) is 5.26 Å². The molecule has 0 aliphatic rings. The molecular formula is C18H16BrN3O2. The smallest absolute Gasteiger partial charge is 0.234 e. The van der Waals surface area contributed by atoms with Gasteiger partial charge in [0.1, 0.15) is 6.42 Å². The number of hydrogen-bond donors (Lipinski definition) is 2. The molecule has 0 saturated heterocycles. The van der Waals surface area contributed by atoms with Crippen molar-refractivity contribution in [1.82, 2.24) is 5.32 Å². The lowest BCUT2D eigenvalue weighted by Crippen LogP contribution is -2.22. The lowest BCUT2D eigenvalue weighted by Gasteiger charge is -2.09. The number of carbonyl (C=O) groups excluding carboxylic acids is 2. The van der Waals surface area contributed by atoms with E-state index in [-0.39, 0.29) is 24.7 Å². The molecule has 6 heteroatoms. The molecule has 5 nitrogen and oxygen atoms in total. The predicted octanol–water partition coefficient (Wildman–Crippen LogP) is 3.16. The lowest BCUT2D eigenvalue weighted by molar-refractivity contribution is -0.120. The van der Waals surface area contributed by atoms with E-state index < -0.39 is 0 Å². The van der Waals surface area contributed by atoms with Gasteiger partial charge in [-0.05, 0) is 29.3 Å². The molecule has 2 amide bonds. The number of benzene rings is 2. The number of nitrogens with one attached hydrogen (secondary N) is 2. The third-order valence-corrected chi connectivity index (χ3v) is 4.02. The Kier molecular flexibility index (Phi) is 6.52. The van der Waals surface area contributed by atoms with Crippen molar-refractivity contribution >= 4 is 33.4 Å². The molecule has 0 atom stereocenters. The summed E-state index contributed by atoms with van der Waals surface area (Å²) in [4.78, 5) is 23.5. The molecule has 2 aromatic rings. The van der Waals surface area contributed by atoms with Gasteiger partial charge in [-0.2, -0.15) is 5.26 Å². The summed E-state index contributed by atoms with van der Waals surface area (Å²) >= 11 is 3.43. The molecule has 0 heterocycles. The van der Waals surface area contributed by atoms with Crippen molar-refractivity contribution in [3.8, 4) is 6.07 Å². The fraction of sp³-hybridized carbons (Fsp3) is 0.167. The summed E-state index contributed by atoms with van der Waals surface area (Å²) in [6, 6.07) is 16.6. The van der Waals surface area contributed by atoms with Gasteiger partial charge in [0.2, 0.25) is 11.8 Å². The van der Waals surface area contributed by atoms with Gasteiger partial charge in [0.15, 0.2) is 0 Å². The zero-order valence-electron chi connectivity index (χ0n) is 12.9. The highest BCUT2D eigenvalue weighted by Crippen LogP contribution is 2.17. The lowest BCUT2D eigenvalue weighted by atomic mass is 10.1. The number of anilines is 1. The quantitative estimate of drug-likeness (QED) is 0.800. The van der Waals surface area contributed by atoms with Gasteiger partial charge in [-0.15, -0.1) is 0 Å². The fourth-order valence-corrected chi connectivity index (χ4v) is 2.54. The van der Waals surface area contributed by atoms with Gasteiger partial charge in [0.25, 0.3) is 0 Å². The van der Waals surface area contributed by atoms with Crippen molar-refractivity contribution in [3.63, 3.8) is 0 Å². The molecule has 2 aromatic carbocycles. The van der Waals surface area contributed by atoms with Gasteiger partial charge in [0, 0.05) is 16.7 Å². The highest BCUT2D eigenvalue weighted by molar-refractivity contribution is 9.10. The first-order valence-corrected chi connectivity index (χ1v) is 8.13. The molecule has 0 aliphatic heterocycles. The van der Waals surface area contributed by atoms with Crippen molar-refractivity contribution in [1.29, 1.82) is 5.26 Å². The number of nitriles is 1. The highest BCUT2D eigenvalue weighted by atomic mass is 79.9. The Balaban J connectivity index is 1.94. The summed E-state index contributed by atoms with van der Waals surface area (Å²) in [6.07, 6.45) is 0.104. The van der Waals surface area contributed by atoms with E-state index in [1.165, 1.54) is 0 Å². The Hall–Kier alpha value is -2.65. The Bertz CT molecular complexity index is 784. The Morgan fingerprint density at radius 1 is 1.08 bits per heavy atom. The molecule has 0 aliphatic carbocycles. The number of amides is 2. The van der Waals surface area contributed by atoms with Crippen LogP contribution in [-0.2, 0) is 22.6 Å². The summed E-state index contributed by atoms with van der Waals surface area (Å²) in [6.45, 7) is 0.314. The Morgan fingerprint density at radius 3 is 2.62 bits per heavy atom. The van der Waals surface area contributed by atoms with Crippen molar-refractivity contribution in [2.24, 2.45) is 0 Å². The van der Waals surface area contributed by atoms with E-state index >= 15 is 0 Å². The predicted molar refractivity (Wildman–Crippen MR) is 95.0 cm³/mol. The van der Waals surface area contributed by atoms with Crippen LogP contribution >= 0.6 is 15.9 Å². The summed E-state index contributed by atoms with van der Waals surface area (Å²) in [5.74, 6) is -0.437. The molecule has 2 N–H and O–H groups in total. The molecule has 2 rings (SSSR count). The van der Waals surface area contributed by atoms with Gasteiger partial charge in [0.05, 0.1) is 12.5 Å². The summed E-state index contributed by atoms with van der Waals surface area (Å²) in [5, 5.41) is 13.9. The number of carbonyl (C=O) groups is 2. The van der Waals surface area contributed by atoms with Crippen LogP contribution in [0.4, 0.5) is 5.69 Å². The molecular weight excluding hydrogens is 370 g/mol. The van der Waals surface area contributed by atoms with Crippen LogP contribution in [0.3, 0.4) is 0 Å². The van der Waals surface area contributed by atoms with Crippen molar-refractivity contribution in [3.05, 3.63) is 64.1 Å². The van der Waals surface area contributed by atoms with E-state index in [2.05, 4.69) is 26.6 Å². The highest BCUT2D eigenvalue weighted by Gasteiger charge is 2.07. The first kappa shape index (κ1) is 17.7. The third-order valence-electron chi connectivity index (χ3n) is 3.25. The molecule has 0 spiro atoms. The van der Waals surface area contributed by atoms with Crippen LogP contribution < -0.4 is 10.6 Å². The summed E-state index contributed by atoms with van der Waals surface area (Å²) in [7, 11) is 0. The zero-order chi connectivity index (χ0) is 17.4. The first-order valence-electron chi connectivity index (χ1n) is 7.34. The average Bonchev–Trinajstić information content (AvgIpc) is 2.56. The normalized spacial score (nSPS) is 9.83. The standard InChI is InChI=1S/C18H16BrN3O2/c19-16-7-2-1-5-14(16)11-18(24)22-15-6-3-4-13(10-15)12-21-17(23)8-9-20/h1-7,10H,8,11-12H2,(H,21,23)(H,22,24). The van der Waals surface area contributed by atoms with Gasteiger partial charge in [-0.1, -0.05) is 46.3 Å². The Morgan fingerprint density at radius 2 is 1.88 bits per heavy atom. The number of rotatable bonds is 6. The van der Waals surface area contributed by atoms with Crippen LogP contribution in [0, 0.1) is 11.3 Å². The molecule has 0 saturated carbocycles. The van der Waals surface area contributed by atoms with Crippen molar-refractivity contribution in [2.75, 3.05) is 5.32 Å². The van der Waals surface area contributed by atoms with Gasteiger partial charge < -0.3 is 10.6 Å². The topological polar surface area (TPSA) is 82.0 Å². The first-order chi connectivity index (χ1) is 11.6. The van der Waals surface area contributed by atoms with Crippen molar-refractivity contribution in [2.45, 2.75) is 19.4 Å². The van der Waals surface area contributed by atoms with Crippen LogP contribution in [0.5, 0.6) is 0 Å². The number of halogens is 1. The van der Waals surface area contributed by atoms with Crippen LogP contribution in [0.1, 0.15) is 17.5 Å². The minimum atomic E-state index is -0.319. The van der Waals surface area contributed by atoms with Gasteiger partial charge in [-0.25, -0.2) is 0 Å². The second-order valence-electron chi connectivity index (χ2n) is 5.13. The van der Waals surface area contributed by atoms with E-state index in [9.17, 15) is 9.59 Å². The molecule has 0 aromatic heterocycles. The largest absolute Gasteiger partial charge is 0.351 e. The second kappa shape index (κ2) is 8.85. The molecule has 122 valence electrons. The molecule has 0 unspecified atom stereocenters. The Labute approximate surface area is 148 Å². The maximum Gasteiger partial charge on any atom is 0.234 e. The zero-order valence-corrected chi connectivity index (χ0v) is 14.5. The third kappa shape index (κ3) is 5.52. The van der Waals surface area contributed by atoms with Gasteiger partial charge >= 0.3 is 0 Å². The van der Waals surface area contributed by atoms with Crippen molar-refractivity contribution < 1.29 is 9.59 Å². The van der Waals surface area contributed by atoms with E-state index in [0.717, 1.165) is 15.6 Å². The molecule has 0 fully saturated rings. The van der Waals surface area contributed by atoms with Crippen LogP contribution in [0.15, 0.2) is 53.0 Å². The fourth-order valence-electron chi connectivity index (χ4n) is 2.11. The molecule has 24 heavy (non-hydrogen) atoms. The summed E-state index contributed by atoms with van der Waals surface area (Å²) in [5.41, 5.74) is 2.42. The van der Waals surface area contributed by atoms with Crippen LogP contribution in [0.2, 0.25) is 0 Å². The summed E-state index contributed by atoms with van der Waals surface area (Å²) < 4.78 is 0.897. The average molecular weight is 386 g/mol. The van der Waals surface area contributed by atoms with E-state index in [1.807, 2.05) is 30.3 Å². The van der Waals surface area contributed by atoms with Crippen LogP contribution in [-0.4, -0.2) is 11.8 Å². The molecule has 0 bridgehead atoms. The van der Waals surface area contributed by atoms with E-state index in [0.29, 0.717) is 12.2 Å². The maximum absolute atomic E-state index is 12.2. The SMILES string of the molecule is N#CCC(=O)NCc1cccc(NC(=O)Cc2ccccc2Br)c1. The minimum absolute atomic E-state index is 0.118. The minimum Gasteiger partial charge on any atom is -0.351 e. The van der Waals surface area contributed by atoms with Gasteiger partial charge in [-0.3, -0.25) is 9.59 Å². The number of hydrogen-bond acceptors (Lipinski definition) is 3. The second-order valence-corrected chi connectivity index (χ2v) is 5.98. The molecule has 0 radical (unpaired) electrons. The van der Waals surface area contributed by atoms with E-state index in [1.54, 1.807) is 24.3 Å².